The van der Waals surface area contributed by atoms with E-state index in [9.17, 15) is 10.2 Å². The van der Waals surface area contributed by atoms with Crippen LogP contribution < -0.4 is 4.74 Å². The summed E-state index contributed by atoms with van der Waals surface area (Å²) < 4.78 is 5.69. The van der Waals surface area contributed by atoms with Gasteiger partial charge in [0, 0.05) is 0 Å². The first-order valence-electron chi connectivity index (χ1n) is 7.87. The normalized spacial score (nSPS) is 23.3. The molecule has 0 saturated heterocycles. The third-order valence-electron chi connectivity index (χ3n) is 4.51. The van der Waals surface area contributed by atoms with Crippen LogP contribution in [0.4, 0.5) is 0 Å². The van der Waals surface area contributed by atoms with Gasteiger partial charge in [-0.2, -0.15) is 0 Å². The topological polar surface area (TPSA) is 49.7 Å². The van der Waals surface area contributed by atoms with Crippen molar-refractivity contribution >= 4 is 0 Å². The second-order valence-electron chi connectivity index (χ2n) is 6.22. The maximum Gasteiger partial charge on any atom is 0.119 e. The quantitative estimate of drug-likeness (QED) is 0.868. The first-order valence-corrected chi connectivity index (χ1v) is 7.87. The van der Waals surface area contributed by atoms with Gasteiger partial charge in [-0.1, -0.05) is 31.4 Å². The Bertz CT molecular complexity index is 418. The lowest BCUT2D eigenvalue weighted by Crippen LogP contribution is -2.29. The van der Waals surface area contributed by atoms with E-state index in [1.807, 2.05) is 24.3 Å². The van der Waals surface area contributed by atoms with Crippen LogP contribution in [0.2, 0.25) is 0 Å². The molecule has 0 amide bonds. The fourth-order valence-corrected chi connectivity index (χ4v) is 3.05. The van der Waals surface area contributed by atoms with Gasteiger partial charge < -0.3 is 14.9 Å². The van der Waals surface area contributed by atoms with Gasteiger partial charge in [0.2, 0.25) is 0 Å². The zero-order chi connectivity index (χ0) is 13.9. The van der Waals surface area contributed by atoms with Crippen LogP contribution in [0.15, 0.2) is 24.3 Å². The number of hydrogen-bond acceptors (Lipinski definition) is 3. The number of aliphatic hydroxyl groups excluding tert-OH is 2. The Morgan fingerprint density at radius 2 is 1.55 bits per heavy atom. The molecule has 3 rings (SSSR count). The van der Waals surface area contributed by atoms with E-state index < -0.39 is 12.2 Å². The SMILES string of the molecule is OC(c1ccc(OC2CC2)cc1)C(O)C1CCCCC1. The van der Waals surface area contributed by atoms with E-state index in [1.165, 1.54) is 19.3 Å². The monoisotopic (exact) mass is 276 g/mol. The molecule has 0 aliphatic heterocycles. The Morgan fingerprint density at radius 3 is 2.15 bits per heavy atom. The van der Waals surface area contributed by atoms with E-state index in [4.69, 9.17) is 4.74 Å². The standard InChI is InChI=1S/C17H24O3/c18-16(12-4-2-1-3-5-12)17(19)13-6-8-14(9-7-13)20-15-10-11-15/h6-9,12,15-19H,1-5,10-11H2. The van der Waals surface area contributed by atoms with E-state index >= 15 is 0 Å². The first kappa shape index (κ1) is 13.9. The first-order chi connectivity index (χ1) is 9.74. The molecule has 2 atom stereocenters. The van der Waals surface area contributed by atoms with E-state index in [0.29, 0.717) is 6.10 Å². The van der Waals surface area contributed by atoms with Gasteiger partial charge in [-0.25, -0.2) is 0 Å². The number of rotatable bonds is 5. The highest BCUT2D eigenvalue weighted by atomic mass is 16.5. The Labute approximate surface area is 120 Å². The minimum absolute atomic E-state index is 0.237. The molecular weight excluding hydrogens is 252 g/mol. The zero-order valence-electron chi connectivity index (χ0n) is 11.9. The predicted octanol–water partition coefficient (Wildman–Crippen LogP) is 3.20. The van der Waals surface area contributed by atoms with Crippen LogP contribution in [0.1, 0.15) is 56.6 Å². The van der Waals surface area contributed by atoms with E-state index in [1.54, 1.807) is 0 Å². The molecule has 1 aromatic rings. The van der Waals surface area contributed by atoms with Crippen LogP contribution in [0.3, 0.4) is 0 Å². The smallest absolute Gasteiger partial charge is 0.119 e. The van der Waals surface area contributed by atoms with Gasteiger partial charge in [0.1, 0.15) is 11.9 Å². The molecule has 2 aliphatic carbocycles. The van der Waals surface area contributed by atoms with Crippen LogP contribution in [0.25, 0.3) is 0 Å². The largest absolute Gasteiger partial charge is 0.490 e. The molecule has 2 unspecified atom stereocenters. The minimum atomic E-state index is -0.784. The number of aliphatic hydroxyl groups is 2. The molecule has 0 heterocycles. The lowest BCUT2D eigenvalue weighted by molar-refractivity contribution is -0.0285. The minimum Gasteiger partial charge on any atom is -0.490 e. The highest BCUT2D eigenvalue weighted by Crippen LogP contribution is 2.33. The molecule has 3 nitrogen and oxygen atoms in total. The van der Waals surface area contributed by atoms with E-state index in [0.717, 1.165) is 37.0 Å². The Hall–Kier alpha value is -1.06. The third-order valence-corrected chi connectivity index (χ3v) is 4.51. The molecule has 2 saturated carbocycles. The highest BCUT2D eigenvalue weighted by molar-refractivity contribution is 5.29. The molecule has 2 aliphatic rings. The van der Waals surface area contributed by atoms with Crippen molar-refractivity contribution in [1.82, 2.24) is 0 Å². The molecule has 2 N–H and O–H groups in total. The number of ether oxygens (including phenoxy) is 1. The summed E-state index contributed by atoms with van der Waals surface area (Å²) in [6.07, 6.45) is 6.90. The van der Waals surface area contributed by atoms with Crippen LogP contribution in [-0.4, -0.2) is 22.4 Å². The summed E-state index contributed by atoms with van der Waals surface area (Å²) in [5.41, 5.74) is 0.784. The summed E-state index contributed by atoms with van der Waals surface area (Å²) in [5.74, 6) is 1.09. The lowest BCUT2D eigenvalue weighted by atomic mass is 9.82. The Morgan fingerprint density at radius 1 is 0.900 bits per heavy atom. The average molecular weight is 276 g/mol. The van der Waals surface area contributed by atoms with Gasteiger partial charge in [0.25, 0.3) is 0 Å². The van der Waals surface area contributed by atoms with Crippen LogP contribution in [0, 0.1) is 5.92 Å². The summed E-state index contributed by atoms with van der Waals surface area (Å²) in [5, 5.41) is 20.7. The summed E-state index contributed by atoms with van der Waals surface area (Å²) in [7, 11) is 0. The predicted molar refractivity (Wildman–Crippen MR) is 77.6 cm³/mol. The van der Waals surface area contributed by atoms with Gasteiger partial charge in [0.15, 0.2) is 0 Å². The molecule has 3 heteroatoms. The van der Waals surface area contributed by atoms with Crippen molar-refractivity contribution in [2.45, 2.75) is 63.3 Å². The number of benzene rings is 1. The molecule has 20 heavy (non-hydrogen) atoms. The van der Waals surface area contributed by atoms with Gasteiger partial charge in [0.05, 0.1) is 12.2 Å². The van der Waals surface area contributed by atoms with Gasteiger partial charge >= 0.3 is 0 Å². The zero-order valence-corrected chi connectivity index (χ0v) is 11.9. The van der Waals surface area contributed by atoms with Crippen molar-refractivity contribution < 1.29 is 14.9 Å². The number of hydrogen-bond donors (Lipinski definition) is 2. The molecule has 0 radical (unpaired) electrons. The second kappa shape index (κ2) is 6.15. The highest BCUT2D eigenvalue weighted by Gasteiger charge is 2.29. The molecule has 0 bridgehead atoms. The third kappa shape index (κ3) is 3.33. The molecule has 2 fully saturated rings. The molecule has 0 aromatic heterocycles. The molecule has 0 spiro atoms. The van der Waals surface area contributed by atoms with E-state index in [-0.39, 0.29) is 5.92 Å². The van der Waals surface area contributed by atoms with Crippen molar-refractivity contribution in [3.63, 3.8) is 0 Å². The van der Waals surface area contributed by atoms with Gasteiger partial charge in [-0.3, -0.25) is 0 Å². The van der Waals surface area contributed by atoms with Crippen LogP contribution in [-0.2, 0) is 0 Å². The van der Waals surface area contributed by atoms with Crippen molar-refractivity contribution in [1.29, 1.82) is 0 Å². The summed E-state index contributed by atoms with van der Waals surface area (Å²) in [6, 6.07) is 7.53. The van der Waals surface area contributed by atoms with Gasteiger partial charge in [-0.05, 0) is 49.3 Å². The lowest BCUT2D eigenvalue weighted by Gasteiger charge is -2.30. The second-order valence-corrected chi connectivity index (χ2v) is 6.22. The molecular formula is C17H24O3. The fraction of sp³-hybridized carbons (Fsp3) is 0.647. The molecule has 110 valence electrons. The van der Waals surface area contributed by atoms with Crippen molar-refractivity contribution in [3.8, 4) is 5.75 Å². The Kier molecular flexibility index (Phi) is 4.27. The Balaban J connectivity index is 1.61. The van der Waals surface area contributed by atoms with E-state index in [2.05, 4.69) is 0 Å². The maximum absolute atomic E-state index is 10.3. The van der Waals surface area contributed by atoms with Crippen molar-refractivity contribution in [2.75, 3.05) is 0 Å². The average Bonchev–Trinajstić information content (AvgIpc) is 3.31. The summed E-state index contributed by atoms with van der Waals surface area (Å²) in [4.78, 5) is 0. The maximum atomic E-state index is 10.3. The van der Waals surface area contributed by atoms with Crippen molar-refractivity contribution in [3.05, 3.63) is 29.8 Å². The fourth-order valence-electron chi connectivity index (χ4n) is 3.05. The summed E-state index contributed by atoms with van der Waals surface area (Å²) in [6.45, 7) is 0. The molecule has 1 aromatic carbocycles. The van der Waals surface area contributed by atoms with Gasteiger partial charge in [-0.15, -0.1) is 0 Å². The summed E-state index contributed by atoms with van der Waals surface area (Å²) >= 11 is 0. The van der Waals surface area contributed by atoms with Crippen molar-refractivity contribution in [2.24, 2.45) is 5.92 Å². The van der Waals surface area contributed by atoms with Crippen LogP contribution >= 0.6 is 0 Å². The van der Waals surface area contributed by atoms with Crippen LogP contribution in [0.5, 0.6) is 5.75 Å².